The van der Waals surface area contributed by atoms with E-state index in [0.717, 1.165) is 19.3 Å². The third-order valence-corrected chi connectivity index (χ3v) is 3.06. The molecule has 2 N–H and O–H groups in total. The van der Waals surface area contributed by atoms with Gasteiger partial charge in [0.25, 0.3) is 0 Å². The van der Waals surface area contributed by atoms with Crippen molar-refractivity contribution < 1.29 is 9.59 Å². The molecule has 110 valence electrons. The summed E-state index contributed by atoms with van der Waals surface area (Å²) in [6.45, 7) is 4.91. The largest absolute Gasteiger partial charge is 0.356 e. The molecule has 0 aliphatic rings. The average Bonchev–Trinajstić information content (AvgIpc) is 2.41. The first-order valence-corrected chi connectivity index (χ1v) is 7.14. The van der Waals surface area contributed by atoms with Gasteiger partial charge in [0, 0.05) is 26.4 Å². The van der Waals surface area contributed by atoms with Gasteiger partial charge in [-0.25, -0.2) is 0 Å². The van der Waals surface area contributed by atoms with E-state index in [1.165, 1.54) is 18.1 Å². The molecule has 0 aromatic heterocycles. The quantitative estimate of drug-likeness (QED) is 0.713. The third-order valence-electron chi connectivity index (χ3n) is 3.06. The highest BCUT2D eigenvalue weighted by molar-refractivity contribution is 5.76. The fourth-order valence-corrected chi connectivity index (χ4v) is 1.84. The van der Waals surface area contributed by atoms with E-state index < -0.39 is 0 Å². The molecular formula is C16H24N2O2. The van der Waals surface area contributed by atoms with E-state index in [0.29, 0.717) is 19.5 Å². The predicted octanol–water partition coefficient (Wildman–Crippen LogP) is 1.96. The summed E-state index contributed by atoms with van der Waals surface area (Å²) in [5.74, 6) is 0.0808. The monoisotopic (exact) mass is 276 g/mol. The molecule has 0 fully saturated rings. The lowest BCUT2D eigenvalue weighted by molar-refractivity contribution is -0.121. The van der Waals surface area contributed by atoms with E-state index in [1.54, 1.807) is 0 Å². The Morgan fingerprint density at radius 1 is 1.00 bits per heavy atom. The van der Waals surface area contributed by atoms with Gasteiger partial charge in [-0.05, 0) is 31.7 Å². The minimum absolute atomic E-state index is 0.00728. The second-order valence-electron chi connectivity index (χ2n) is 5.03. The molecule has 1 aromatic carbocycles. The number of benzene rings is 1. The van der Waals surface area contributed by atoms with Crippen LogP contribution in [0.25, 0.3) is 0 Å². The zero-order valence-electron chi connectivity index (χ0n) is 12.4. The van der Waals surface area contributed by atoms with Crippen molar-refractivity contribution in [3.63, 3.8) is 0 Å². The number of rotatable bonds is 8. The van der Waals surface area contributed by atoms with Crippen LogP contribution >= 0.6 is 0 Å². The fraction of sp³-hybridized carbons (Fsp3) is 0.500. The Morgan fingerprint density at radius 2 is 1.60 bits per heavy atom. The van der Waals surface area contributed by atoms with Crippen molar-refractivity contribution in [3.05, 3.63) is 35.4 Å². The maximum Gasteiger partial charge on any atom is 0.220 e. The van der Waals surface area contributed by atoms with Gasteiger partial charge in [-0.3, -0.25) is 9.59 Å². The molecule has 0 radical (unpaired) electrons. The number of unbranched alkanes of at least 4 members (excludes halogenated alkanes) is 1. The molecule has 4 heteroatoms. The molecule has 1 rings (SSSR count). The van der Waals surface area contributed by atoms with Crippen molar-refractivity contribution in [3.8, 4) is 0 Å². The molecule has 0 aliphatic carbocycles. The Labute approximate surface area is 121 Å². The predicted molar refractivity (Wildman–Crippen MR) is 80.4 cm³/mol. The first kappa shape index (κ1) is 16.2. The molecule has 4 nitrogen and oxygen atoms in total. The second-order valence-corrected chi connectivity index (χ2v) is 5.03. The first-order chi connectivity index (χ1) is 9.58. The van der Waals surface area contributed by atoms with Crippen LogP contribution in [-0.2, 0) is 16.0 Å². The molecule has 0 atom stereocenters. The first-order valence-electron chi connectivity index (χ1n) is 7.14. The summed E-state index contributed by atoms with van der Waals surface area (Å²) in [7, 11) is 0. The maximum absolute atomic E-state index is 11.6. The molecule has 0 aliphatic heterocycles. The fourth-order valence-electron chi connectivity index (χ4n) is 1.84. The van der Waals surface area contributed by atoms with Gasteiger partial charge >= 0.3 is 0 Å². The van der Waals surface area contributed by atoms with Crippen LogP contribution in [0.3, 0.4) is 0 Å². The zero-order chi connectivity index (χ0) is 14.8. The number of carbonyl (C=O) groups excluding carboxylic acids is 2. The van der Waals surface area contributed by atoms with E-state index in [9.17, 15) is 9.59 Å². The summed E-state index contributed by atoms with van der Waals surface area (Å²) in [6.07, 6.45) is 3.07. The Hall–Kier alpha value is -1.84. The minimum atomic E-state index is -0.00728. The van der Waals surface area contributed by atoms with Crippen molar-refractivity contribution in [1.29, 1.82) is 0 Å². The summed E-state index contributed by atoms with van der Waals surface area (Å²) in [6, 6.07) is 8.26. The minimum Gasteiger partial charge on any atom is -0.356 e. The highest BCUT2D eigenvalue weighted by Crippen LogP contribution is 2.05. The van der Waals surface area contributed by atoms with Gasteiger partial charge in [0.2, 0.25) is 11.8 Å². The summed E-state index contributed by atoms with van der Waals surface area (Å²) in [5.41, 5.74) is 2.42. The number of amides is 2. The molecule has 0 saturated carbocycles. The lowest BCUT2D eigenvalue weighted by atomic mass is 10.1. The molecule has 0 saturated heterocycles. The van der Waals surface area contributed by atoms with Crippen LogP contribution in [-0.4, -0.2) is 24.9 Å². The van der Waals surface area contributed by atoms with Crippen molar-refractivity contribution in [2.75, 3.05) is 13.1 Å². The van der Waals surface area contributed by atoms with Crippen LogP contribution in [0.5, 0.6) is 0 Å². The third kappa shape index (κ3) is 7.56. The van der Waals surface area contributed by atoms with Crippen molar-refractivity contribution >= 4 is 11.8 Å². The van der Waals surface area contributed by atoms with E-state index in [1.807, 2.05) is 0 Å². The van der Waals surface area contributed by atoms with Crippen LogP contribution < -0.4 is 10.6 Å². The molecule has 2 amide bonds. The smallest absolute Gasteiger partial charge is 0.220 e. The molecule has 20 heavy (non-hydrogen) atoms. The molecule has 1 aromatic rings. The molecular weight excluding hydrogens is 252 g/mol. The molecule has 0 heterocycles. The number of carbonyl (C=O) groups is 2. The highest BCUT2D eigenvalue weighted by atomic mass is 16.2. The van der Waals surface area contributed by atoms with Crippen molar-refractivity contribution in [2.24, 2.45) is 0 Å². The Kier molecular flexibility index (Phi) is 7.40. The van der Waals surface area contributed by atoms with Crippen LogP contribution in [0.15, 0.2) is 24.3 Å². The summed E-state index contributed by atoms with van der Waals surface area (Å²) in [4.78, 5) is 22.3. The molecule has 0 unspecified atom stereocenters. The second kappa shape index (κ2) is 9.13. The van der Waals surface area contributed by atoms with E-state index in [-0.39, 0.29) is 11.8 Å². The van der Waals surface area contributed by atoms with Crippen LogP contribution in [0.1, 0.15) is 37.3 Å². The number of hydrogen-bond acceptors (Lipinski definition) is 2. The SMILES string of the molecule is CC(=O)NCCCCNC(=O)CCc1ccc(C)cc1. The maximum atomic E-state index is 11.6. The summed E-state index contributed by atoms with van der Waals surface area (Å²) < 4.78 is 0. The molecule has 0 bridgehead atoms. The van der Waals surface area contributed by atoms with Gasteiger partial charge in [0.05, 0.1) is 0 Å². The number of aryl methyl sites for hydroxylation is 2. The molecule has 0 spiro atoms. The van der Waals surface area contributed by atoms with Gasteiger partial charge in [-0.1, -0.05) is 29.8 Å². The zero-order valence-corrected chi connectivity index (χ0v) is 12.4. The summed E-state index contributed by atoms with van der Waals surface area (Å²) >= 11 is 0. The summed E-state index contributed by atoms with van der Waals surface area (Å²) in [5, 5.41) is 5.63. The van der Waals surface area contributed by atoms with Gasteiger partial charge < -0.3 is 10.6 Å². The normalized spacial score (nSPS) is 10.1. The van der Waals surface area contributed by atoms with Crippen molar-refractivity contribution in [2.45, 2.75) is 39.5 Å². The number of nitrogens with one attached hydrogen (secondary N) is 2. The van der Waals surface area contributed by atoms with Crippen LogP contribution in [0, 0.1) is 6.92 Å². The van der Waals surface area contributed by atoms with E-state index >= 15 is 0 Å². The topological polar surface area (TPSA) is 58.2 Å². The van der Waals surface area contributed by atoms with E-state index in [4.69, 9.17) is 0 Å². The lowest BCUT2D eigenvalue weighted by Crippen LogP contribution is -2.26. The van der Waals surface area contributed by atoms with Gasteiger partial charge in [-0.15, -0.1) is 0 Å². The Balaban J connectivity index is 2.06. The Bertz CT molecular complexity index is 427. The average molecular weight is 276 g/mol. The number of hydrogen-bond donors (Lipinski definition) is 2. The van der Waals surface area contributed by atoms with Crippen molar-refractivity contribution in [1.82, 2.24) is 10.6 Å². The Morgan fingerprint density at radius 3 is 2.20 bits per heavy atom. The van der Waals surface area contributed by atoms with Gasteiger partial charge in [-0.2, -0.15) is 0 Å². The van der Waals surface area contributed by atoms with E-state index in [2.05, 4.69) is 41.8 Å². The highest BCUT2D eigenvalue weighted by Gasteiger charge is 2.01. The van der Waals surface area contributed by atoms with Crippen LogP contribution in [0.4, 0.5) is 0 Å². The lowest BCUT2D eigenvalue weighted by Gasteiger charge is -2.06. The van der Waals surface area contributed by atoms with Crippen LogP contribution in [0.2, 0.25) is 0 Å². The standard InChI is InChI=1S/C16H24N2O2/c1-13-5-7-15(8-6-13)9-10-16(20)18-12-4-3-11-17-14(2)19/h5-8H,3-4,9-12H2,1-2H3,(H,17,19)(H,18,20). The van der Waals surface area contributed by atoms with Gasteiger partial charge in [0.1, 0.15) is 0 Å². The van der Waals surface area contributed by atoms with Gasteiger partial charge in [0.15, 0.2) is 0 Å².